The quantitative estimate of drug-likeness (QED) is 0.510. The van der Waals surface area contributed by atoms with Crippen molar-refractivity contribution in [3.8, 4) is 22.7 Å². The fourth-order valence-corrected chi connectivity index (χ4v) is 3.41. The molecule has 28 heavy (non-hydrogen) atoms. The predicted molar refractivity (Wildman–Crippen MR) is 97.2 cm³/mol. The van der Waals surface area contributed by atoms with Gasteiger partial charge < -0.3 is 4.74 Å². The predicted octanol–water partition coefficient (Wildman–Crippen LogP) is 4.21. The van der Waals surface area contributed by atoms with Gasteiger partial charge in [0.15, 0.2) is 11.6 Å². The van der Waals surface area contributed by atoms with E-state index in [1.54, 1.807) is 14.0 Å². The fourth-order valence-electron chi connectivity index (χ4n) is 3.21. The molecule has 0 amide bonds. The molecule has 0 N–H and O–H groups in total. The van der Waals surface area contributed by atoms with E-state index in [2.05, 4.69) is 15.4 Å². The molecule has 0 aliphatic carbocycles. The zero-order valence-corrected chi connectivity index (χ0v) is 15.7. The Kier molecular flexibility index (Phi) is 4.26. The average molecular weight is 408 g/mol. The summed E-state index contributed by atoms with van der Waals surface area (Å²) in [5.41, 5.74) is 0.354. The van der Waals surface area contributed by atoms with Gasteiger partial charge in [-0.25, -0.2) is 13.2 Å². The Balaban J connectivity index is 2.06. The number of halogens is 4. The number of ether oxygens (including phenoxy) is 1. The van der Waals surface area contributed by atoms with Gasteiger partial charge in [0, 0.05) is 24.2 Å². The van der Waals surface area contributed by atoms with Crippen molar-refractivity contribution >= 4 is 22.6 Å². The van der Waals surface area contributed by atoms with Crippen molar-refractivity contribution < 1.29 is 17.9 Å². The summed E-state index contributed by atoms with van der Waals surface area (Å²) >= 11 is 5.87. The Morgan fingerprint density at radius 1 is 1.00 bits per heavy atom. The van der Waals surface area contributed by atoms with Gasteiger partial charge in [0.1, 0.15) is 28.4 Å². The third kappa shape index (κ3) is 2.70. The maximum Gasteiger partial charge on any atom is 0.162 e. The van der Waals surface area contributed by atoms with Crippen molar-refractivity contribution in [3.05, 3.63) is 52.4 Å². The molecule has 6 nitrogen and oxygen atoms in total. The number of nitrogens with zero attached hydrogens (tertiary/aromatic N) is 5. The summed E-state index contributed by atoms with van der Waals surface area (Å²) in [7, 11) is 2.87. The summed E-state index contributed by atoms with van der Waals surface area (Å²) in [6.45, 7) is 1.59. The molecule has 144 valence electrons. The summed E-state index contributed by atoms with van der Waals surface area (Å²) in [6.07, 6.45) is 0. The average Bonchev–Trinajstić information content (AvgIpc) is 3.15. The van der Waals surface area contributed by atoms with E-state index in [9.17, 15) is 13.2 Å². The molecule has 0 saturated heterocycles. The van der Waals surface area contributed by atoms with Crippen LogP contribution >= 0.6 is 11.6 Å². The molecular weight excluding hydrogens is 395 g/mol. The molecule has 0 aliphatic heterocycles. The van der Waals surface area contributed by atoms with Gasteiger partial charge in [-0.05, 0) is 19.1 Å². The molecule has 0 radical (unpaired) electrons. The van der Waals surface area contributed by atoms with E-state index >= 15 is 0 Å². The second kappa shape index (κ2) is 6.52. The van der Waals surface area contributed by atoms with Crippen LogP contribution in [0.4, 0.5) is 13.2 Å². The smallest absolute Gasteiger partial charge is 0.162 e. The summed E-state index contributed by atoms with van der Waals surface area (Å²) in [4.78, 5) is 0. The van der Waals surface area contributed by atoms with Crippen molar-refractivity contribution in [2.75, 3.05) is 7.11 Å². The van der Waals surface area contributed by atoms with Crippen LogP contribution in [0.5, 0.6) is 5.75 Å². The number of rotatable bonds is 3. The minimum Gasteiger partial charge on any atom is -0.497 e. The normalized spacial score (nSPS) is 11.4. The van der Waals surface area contributed by atoms with Crippen LogP contribution in [0.2, 0.25) is 5.02 Å². The standard InChI is InChI=1S/C18H13ClF3N5O/c1-8-15(16-11(20)6-10(28-3)7-12(16)21)18(26(2)24-8)27-17-13(22)4-9(19)5-14(17)23-25-27/h4-7H,1-3H3. The van der Waals surface area contributed by atoms with Crippen molar-refractivity contribution in [3.63, 3.8) is 0 Å². The van der Waals surface area contributed by atoms with Crippen LogP contribution in [0, 0.1) is 24.4 Å². The van der Waals surface area contributed by atoms with Crippen LogP contribution in [0.3, 0.4) is 0 Å². The summed E-state index contributed by atoms with van der Waals surface area (Å²) in [6, 6.07) is 4.69. The zero-order valence-electron chi connectivity index (χ0n) is 15.0. The van der Waals surface area contributed by atoms with Crippen LogP contribution < -0.4 is 4.74 Å². The third-order valence-electron chi connectivity index (χ3n) is 4.36. The number of methoxy groups -OCH3 is 1. The van der Waals surface area contributed by atoms with Crippen LogP contribution in [-0.2, 0) is 7.05 Å². The highest BCUT2D eigenvalue weighted by Gasteiger charge is 2.26. The Labute approximate surface area is 162 Å². The lowest BCUT2D eigenvalue weighted by Crippen LogP contribution is -2.07. The molecule has 0 spiro atoms. The Bertz CT molecular complexity index is 1210. The highest BCUT2D eigenvalue weighted by atomic mass is 35.5. The monoisotopic (exact) mass is 407 g/mol. The van der Waals surface area contributed by atoms with Crippen LogP contribution in [0.1, 0.15) is 5.69 Å². The molecule has 2 aromatic heterocycles. The first-order valence-electron chi connectivity index (χ1n) is 8.09. The lowest BCUT2D eigenvalue weighted by Gasteiger charge is -2.11. The number of hydrogen-bond acceptors (Lipinski definition) is 4. The van der Waals surface area contributed by atoms with Gasteiger partial charge in [-0.3, -0.25) is 4.68 Å². The maximum absolute atomic E-state index is 14.7. The SMILES string of the molecule is COc1cc(F)c(-c2c(C)nn(C)c2-n2nnc3cc(Cl)cc(F)c32)c(F)c1. The van der Waals surface area contributed by atoms with Gasteiger partial charge in [0.05, 0.1) is 23.9 Å². The van der Waals surface area contributed by atoms with E-state index in [1.165, 1.54) is 17.9 Å². The minimum atomic E-state index is -0.845. The van der Waals surface area contributed by atoms with Gasteiger partial charge in [-0.2, -0.15) is 9.78 Å². The number of aryl methyl sites for hydroxylation is 2. The highest BCUT2D eigenvalue weighted by Crippen LogP contribution is 2.37. The van der Waals surface area contributed by atoms with Gasteiger partial charge in [-0.15, -0.1) is 5.10 Å². The van der Waals surface area contributed by atoms with E-state index in [0.717, 1.165) is 22.9 Å². The van der Waals surface area contributed by atoms with Crippen LogP contribution in [0.15, 0.2) is 24.3 Å². The Morgan fingerprint density at radius 2 is 1.68 bits per heavy atom. The number of aromatic nitrogens is 5. The van der Waals surface area contributed by atoms with E-state index < -0.39 is 17.5 Å². The molecule has 4 aromatic rings. The van der Waals surface area contributed by atoms with Gasteiger partial charge >= 0.3 is 0 Å². The van der Waals surface area contributed by atoms with Gasteiger partial charge in [0.2, 0.25) is 0 Å². The molecular formula is C18H13ClF3N5O. The topological polar surface area (TPSA) is 57.8 Å². The molecule has 0 aliphatic rings. The summed E-state index contributed by atoms with van der Waals surface area (Å²) in [5.74, 6) is -2.17. The molecule has 0 unspecified atom stereocenters. The van der Waals surface area contributed by atoms with E-state index in [-0.39, 0.29) is 38.8 Å². The van der Waals surface area contributed by atoms with E-state index in [0.29, 0.717) is 5.69 Å². The molecule has 2 heterocycles. The van der Waals surface area contributed by atoms with Crippen LogP contribution in [0.25, 0.3) is 28.0 Å². The molecule has 0 saturated carbocycles. The second-order valence-corrected chi connectivity index (χ2v) is 6.57. The highest BCUT2D eigenvalue weighted by molar-refractivity contribution is 6.31. The Morgan fingerprint density at radius 3 is 2.32 bits per heavy atom. The number of fused-ring (bicyclic) bond motifs is 1. The lowest BCUT2D eigenvalue weighted by atomic mass is 10.0. The van der Waals surface area contributed by atoms with Crippen LogP contribution in [-0.4, -0.2) is 31.9 Å². The fraction of sp³-hybridized carbons (Fsp3) is 0.167. The molecule has 2 aromatic carbocycles. The van der Waals surface area contributed by atoms with Gasteiger partial charge in [-0.1, -0.05) is 16.8 Å². The summed E-state index contributed by atoms with van der Waals surface area (Å²) < 4.78 is 51.5. The molecule has 0 bridgehead atoms. The molecule has 4 rings (SSSR count). The first-order valence-corrected chi connectivity index (χ1v) is 8.47. The lowest BCUT2D eigenvalue weighted by molar-refractivity contribution is 0.407. The molecule has 0 fully saturated rings. The van der Waals surface area contributed by atoms with Crippen molar-refractivity contribution in [2.45, 2.75) is 6.92 Å². The van der Waals surface area contributed by atoms with Crippen molar-refractivity contribution in [1.29, 1.82) is 0 Å². The summed E-state index contributed by atoms with van der Waals surface area (Å²) in [5, 5.41) is 12.3. The first kappa shape index (κ1) is 18.3. The van der Waals surface area contributed by atoms with E-state index in [1.807, 2.05) is 0 Å². The molecule has 0 atom stereocenters. The first-order chi connectivity index (χ1) is 13.3. The van der Waals surface area contributed by atoms with Gasteiger partial charge in [0.25, 0.3) is 0 Å². The number of benzene rings is 2. The maximum atomic E-state index is 14.7. The van der Waals surface area contributed by atoms with Crippen molar-refractivity contribution in [1.82, 2.24) is 24.8 Å². The zero-order chi connectivity index (χ0) is 20.2. The number of hydrogen-bond donors (Lipinski definition) is 0. The molecule has 10 heteroatoms. The third-order valence-corrected chi connectivity index (χ3v) is 4.57. The largest absolute Gasteiger partial charge is 0.497 e. The second-order valence-electron chi connectivity index (χ2n) is 6.13. The Hall–Kier alpha value is -3.07. The van der Waals surface area contributed by atoms with Crippen molar-refractivity contribution in [2.24, 2.45) is 7.05 Å². The minimum absolute atomic E-state index is 0.0166. The van der Waals surface area contributed by atoms with E-state index in [4.69, 9.17) is 16.3 Å².